The largest absolute Gasteiger partial charge is 0.747 e. The number of esters is 2. The smallest absolute Gasteiger partial charge is 0.333 e. The Bertz CT molecular complexity index is 2760. The van der Waals surface area contributed by atoms with E-state index < -0.39 is 133 Å². The molecule has 0 aromatic heterocycles. The van der Waals surface area contributed by atoms with Crippen LogP contribution >= 0.6 is 0 Å². The van der Waals surface area contributed by atoms with Crippen LogP contribution in [0.25, 0.3) is 0 Å². The Balaban J connectivity index is 0.00000109. The van der Waals surface area contributed by atoms with Crippen molar-refractivity contribution >= 4 is 80.8 Å². The maximum Gasteiger partial charge on any atom is 0.333 e. The maximum atomic E-state index is 13.3. The van der Waals surface area contributed by atoms with E-state index in [9.17, 15) is 110 Å². The monoisotopic (exact) mass is 1230 g/mol. The van der Waals surface area contributed by atoms with Crippen LogP contribution in [-0.4, -0.2) is 99.0 Å². The van der Waals surface area contributed by atoms with Crippen LogP contribution in [0.3, 0.4) is 0 Å². The Morgan fingerprint density at radius 2 is 0.726 bits per heavy atom. The first-order chi connectivity index (χ1) is 38.7. The first kappa shape index (κ1) is 76.4. The summed E-state index contributed by atoms with van der Waals surface area (Å²) in [6, 6.07) is 0.0315. The highest BCUT2D eigenvalue weighted by Crippen LogP contribution is 2.30. The van der Waals surface area contributed by atoms with Crippen LogP contribution in [0.5, 0.6) is 11.5 Å². The standard InChI is InChI=1S/C14H13F5O3.C14H14F4O3.C12H17NO8S.C12H17NO5.CH3/c1-7(20)5-3-2-4-6-8(21)22-14-12(18)10(16)9(15)11(17)13(14)19;1-8(19)5-3-2-4-6-11(20)21-14-12(17)9(15)7-10(16)13(14)18;1-8(14)5-3-2-4-6-11(16)21-13-10(15)7-9(12(13)17)22(18,19)20;1-9(14)5-3-2-4-6-12(17)18-13-10(15)7-8-11(13)16;/h2-6H2,1H3;7H,2-6H2,1H3;9H,2-7H2,1H3,(H,18,19,20);2-8H2,1H3;1H3/q;;;;+1/p-1. The second-order valence-corrected chi connectivity index (χ2v) is 20.0. The Hall–Kier alpha value is -7.57. The number of rotatable bonds is 29. The van der Waals surface area contributed by atoms with Gasteiger partial charge in [0.1, 0.15) is 38.5 Å². The number of unbranched alkanes of at least 4 members (excludes halogenated alkanes) is 8. The fraction of sp³-hybridized carbons (Fsp3) is 0.528. The average molecular weight is 1240 g/mol. The van der Waals surface area contributed by atoms with E-state index >= 15 is 0 Å². The van der Waals surface area contributed by atoms with Gasteiger partial charge in [0, 0.05) is 77.7 Å². The highest BCUT2D eigenvalue weighted by atomic mass is 32.2. The van der Waals surface area contributed by atoms with Crippen LogP contribution in [-0.2, 0) is 77.3 Å². The van der Waals surface area contributed by atoms with Gasteiger partial charge in [0.25, 0.3) is 23.6 Å². The fourth-order valence-electron chi connectivity index (χ4n) is 6.78. The number of Topliss-reactive ketones (excluding diaryl/α,β-unsaturated/α-hetero) is 4. The van der Waals surface area contributed by atoms with Crippen LogP contribution in [0, 0.1) is 59.8 Å². The SMILES string of the molecule is CC(=O)CCCCCC(=O)ON1C(=O)CC(S(=O)(=O)[O-])C1=O.CC(=O)CCCCCC(=O)ON1C(=O)CCC1=O.CC(=O)CCCCCC(=O)Oc1c(F)c(F)c(F)c(F)c1F.CC(=O)CCCCCC(=O)Oc1c(F)c(F)cc(F)c1F.[CH3+]. The summed E-state index contributed by atoms with van der Waals surface area (Å²) in [7, 11) is -4.97. The fourth-order valence-corrected chi connectivity index (χ4v) is 7.47. The molecule has 2 aromatic carbocycles. The van der Waals surface area contributed by atoms with E-state index in [1.54, 1.807) is 0 Å². The Kier molecular flexibility index (Phi) is 34.9. The number of imide groups is 2. The molecule has 0 aliphatic carbocycles. The number of hydroxylamine groups is 4. The van der Waals surface area contributed by atoms with Crippen LogP contribution in [0.2, 0.25) is 0 Å². The minimum absolute atomic E-state index is 0. The predicted molar refractivity (Wildman–Crippen MR) is 268 cm³/mol. The number of carbonyl (C=O) groups is 12. The summed E-state index contributed by atoms with van der Waals surface area (Å²) in [6.07, 6.45) is 7.07. The normalized spacial score (nSPS) is 13.5. The molecule has 0 radical (unpaired) electrons. The third-order valence-corrected chi connectivity index (χ3v) is 12.2. The molecule has 2 aromatic rings. The van der Waals surface area contributed by atoms with Crippen molar-refractivity contribution in [2.45, 2.75) is 181 Å². The highest BCUT2D eigenvalue weighted by Gasteiger charge is 2.45. The van der Waals surface area contributed by atoms with Gasteiger partial charge >= 0.3 is 23.9 Å². The molecule has 2 aliphatic heterocycles. The average Bonchev–Trinajstić information content (AvgIpc) is 3.62. The zero-order valence-corrected chi connectivity index (χ0v) is 47.2. The van der Waals surface area contributed by atoms with E-state index in [1.807, 2.05) is 0 Å². The summed E-state index contributed by atoms with van der Waals surface area (Å²) in [5, 5.41) is -1.45. The molecule has 31 heteroatoms. The van der Waals surface area contributed by atoms with Gasteiger partial charge in [-0.3, -0.25) is 28.8 Å². The lowest BCUT2D eigenvalue weighted by atomic mass is 10.1. The number of hydrogen-bond donors (Lipinski definition) is 0. The van der Waals surface area contributed by atoms with E-state index in [0.717, 1.165) is 12.8 Å². The summed E-state index contributed by atoms with van der Waals surface area (Å²) < 4.78 is 158. The van der Waals surface area contributed by atoms with E-state index in [1.165, 1.54) is 27.7 Å². The summed E-state index contributed by atoms with van der Waals surface area (Å²) in [6.45, 7) is 5.84. The van der Waals surface area contributed by atoms with Crippen LogP contribution < -0.4 is 9.47 Å². The number of nitrogens with zero attached hydrogens (tertiary/aromatic N) is 2. The molecule has 0 spiro atoms. The van der Waals surface area contributed by atoms with Gasteiger partial charge in [-0.15, -0.1) is 10.1 Å². The summed E-state index contributed by atoms with van der Waals surface area (Å²) in [5.41, 5.74) is 0. The molecule has 2 saturated heterocycles. The lowest BCUT2D eigenvalue weighted by Gasteiger charge is -2.15. The maximum absolute atomic E-state index is 13.3. The van der Waals surface area contributed by atoms with Crippen molar-refractivity contribution in [1.29, 1.82) is 0 Å². The van der Waals surface area contributed by atoms with Gasteiger partial charge in [-0.1, -0.05) is 25.7 Å². The topological polar surface area (TPSA) is 305 Å². The molecule has 21 nitrogen and oxygen atoms in total. The van der Waals surface area contributed by atoms with Crippen LogP contribution in [0.1, 0.15) is 175 Å². The third kappa shape index (κ3) is 28.1. The van der Waals surface area contributed by atoms with Gasteiger partial charge in [-0.2, -0.15) is 17.6 Å². The predicted octanol–water partition coefficient (Wildman–Crippen LogP) is 8.76. The molecule has 1 atom stereocenters. The summed E-state index contributed by atoms with van der Waals surface area (Å²) >= 11 is 0. The van der Waals surface area contributed by atoms with Gasteiger partial charge in [-0.05, 0) is 79.1 Å². The van der Waals surface area contributed by atoms with Crippen molar-refractivity contribution < 1.29 is 129 Å². The molecule has 0 N–H and O–H groups in total. The number of carbonyl (C=O) groups excluding carboxylic acids is 12. The molecule has 0 bridgehead atoms. The van der Waals surface area contributed by atoms with E-state index in [2.05, 4.69) is 14.3 Å². The van der Waals surface area contributed by atoms with Crippen molar-refractivity contribution in [3.8, 4) is 11.5 Å². The number of ether oxygens (including phenoxy) is 2. The number of amides is 4. The quantitative estimate of drug-likeness (QED) is 0.00845. The number of benzene rings is 2. The minimum Gasteiger partial charge on any atom is -0.747 e. The molecular formula is C53H63F9N2O19S. The van der Waals surface area contributed by atoms with Gasteiger partial charge < -0.3 is 42.9 Å². The molecule has 468 valence electrons. The van der Waals surface area contributed by atoms with Gasteiger partial charge in [0.05, 0.1) is 6.42 Å². The Morgan fingerprint density at radius 1 is 0.440 bits per heavy atom. The lowest BCUT2D eigenvalue weighted by molar-refractivity contribution is -0.197. The zero-order valence-electron chi connectivity index (χ0n) is 46.4. The molecule has 2 fully saturated rings. The van der Waals surface area contributed by atoms with Crippen molar-refractivity contribution in [1.82, 2.24) is 10.1 Å². The molecule has 2 heterocycles. The van der Waals surface area contributed by atoms with Gasteiger partial charge in [0.15, 0.2) is 11.6 Å². The first-order valence-corrected chi connectivity index (χ1v) is 27.0. The van der Waals surface area contributed by atoms with Crippen molar-refractivity contribution in [3.63, 3.8) is 0 Å². The van der Waals surface area contributed by atoms with Gasteiger partial charge in [-0.25, -0.2) is 40.0 Å². The second kappa shape index (κ2) is 38.3. The summed E-state index contributed by atoms with van der Waals surface area (Å²) in [5.74, 6) is -27.5. The van der Waals surface area contributed by atoms with E-state index in [0.29, 0.717) is 88.5 Å². The zero-order chi connectivity index (χ0) is 63.3. The van der Waals surface area contributed by atoms with Crippen molar-refractivity contribution in [2.75, 3.05) is 0 Å². The first-order valence-electron chi connectivity index (χ1n) is 25.5. The number of ketones is 4. The van der Waals surface area contributed by atoms with Crippen molar-refractivity contribution in [2.24, 2.45) is 0 Å². The molecular weight excluding hydrogens is 1170 g/mol. The third-order valence-electron chi connectivity index (χ3n) is 11.1. The van der Waals surface area contributed by atoms with Crippen LogP contribution in [0.4, 0.5) is 39.5 Å². The molecule has 2 aliphatic rings. The second-order valence-electron chi connectivity index (χ2n) is 18.4. The molecule has 4 amide bonds. The Labute approximate surface area is 476 Å². The number of halogens is 9. The van der Waals surface area contributed by atoms with E-state index in [-0.39, 0.29) is 86.6 Å². The highest BCUT2D eigenvalue weighted by molar-refractivity contribution is 7.87. The molecule has 84 heavy (non-hydrogen) atoms. The van der Waals surface area contributed by atoms with E-state index in [4.69, 9.17) is 4.84 Å². The Morgan fingerprint density at radius 3 is 1.04 bits per heavy atom. The minimum atomic E-state index is -4.97. The van der Waals surface area contributed by atoms with Gasteiger partial charge in [0.2, 0.25) is 52.2 Å². The molecule has 0 saturated carbocycles. The summed E-state index contributed by atoms with van der Waals surface area (Å²) in [4.78, 5) is 143. The molecule has 1 unspecified atom stereocenters. The van der Waals surface area contributed by atoms with Crippen molar-refractivity contribution in [3.05, 3.63) is 65.8 Å². The number of hydrogen-bond acceptors (Lipinski definition) is 19. The molecule has 4 rings (SSSR count). The lowest BCUT2D eigenvalue weighted by Crippen LogP contribution is -2.36. The van der Waals surface area contributed by atoms with Crippen LogP contribution in [0.15, 0.2) is 6.07 Å².